The van der Waals surface area contributed by atoms with Crippen molar-refractivity contribution in [3.8, 4) is 5.69 Å². The van der Waals surface area contributed by atoms with Crippen LogP contribution in [-0.2, 0) is 4.79 Å². The Balaban J connectivity index is 1.48. The van der Waals surface area contributed by atoms with Gasteiger partial charge in [-0.2, -0.15) is 0 Å². The van der Waals surface area contributed by atoms with E-state index in [-0.39, 0.29) is 11.9 Å². The summed E-state index contributed by atoms with van der Waals surface area (Å²) < 4.78 is 2.18. The molecule has 1 saturated heterocycles. The predicted molar refractivity (Wildman–Crippen MR) is 125 cm³/mol. The monoisotopic (exact) mass is 414 g/mol. The summed E-state index contributed by atoms with van der Waals surface area (Å²) in [4.78, 5) is 26.0. The van der Waals surface area contributed by atoms with Gasteiger partial charge in [0.15, 0.2) is 0 Å². The van der Waals surface area contributed by atoms with Gasteiger partial charge >= 0.3 is 6.03 Å². The van der Waals surface area contributed by atoms with Crippen molar-refractivity contribution >= 4 is 29.4 Å². The van der Waals surface area contributed by atoms with Crippen LogP contribution >= 0.6 is 0 Å². The number of hydrogen-bond acceptors (Lipinski definition) is 2. The molecule has 1 aliphatic rings. The van der Waals surface area contributed by atoms with Crippen LogP contribution in [0.5, 0.6) is 0 Å². The van der Waals surface area contributed by atoms with E-state index >= 15 is 0 Å². The summed E-state index contributed by atoms with van der Waals surface area (Å²) in [7, 11) is 0. The average molecular weight is 415 g/mol. The summed E-state index contributed by atoms with van der Waals surface area (Å²) in [6.07, 6.45) is 3.37. The highest BCUT2D eigenvalue weighted by Gasteiger charge is 2.21. The van der Waals surface area contributed by atoms with E-state index in [1.165, 1.54) is 11.6 Å². The van der Waals surface area contributed by atoms with Crippen molar-refractivity contribution in [1.29, 1.82) is 0 Å². The molecule has 1 aromatic heterocycles. The van der Waals surface area contributed by atoms with E-state index < -0.39 is 0 Å². The largest absolute Gasteiger partial charge is 0.336 e. The molecule has 6 nitrogen and oxygen atoms in total. The molecule has 158 valence electrons. The Morgan fingerprint density at radius 1 is 1.03 bits per heavy atom. The maximum atomic E-state index is 12.5. The molecule has 0 radical (unpaired) electrons. The van der Waals surface area contributed by atoms with E-state index in [1.807, 2.05) is 24.3 Å². The number of anilines is 2. The standard InChI is InChI=1S/C25H26N4O2/c1-17-7-10-22(11-8-17)29-18(2)15-20(19(29)3)9-12-24(30)27-21-5-4-6-23(16-21)28-14-13-26-25(28)31/h4-12,15-16H,13-14H2,1-3H3,(H,26,31)(H,27,30). The van der Waals surface area contributed by atoms with Crippen molar-refractivity contribution in [3.05, 3.63) is 83.2 Å². The molecule has 0 aliphatic carbocycles. The zero-order chi connectivity index (χ0) is 22.0. The van der Waals surface area contributed by atoms with Gasteiger partial charge in [-0.15, -0.1) is 0 Å². The molecule has 2 heterocycles. The van der Waals surface area contributed by atoms with Crippen molar-refractivity contribution in [2.45, 2.75) is 20.8 Å². The SMILES string of the molecule is Cc1ccc(-n2c(C)cc(C=CC(=O)Nc3cccc(N4CCNC4=O)c3)c2C)cc1. The third-order valence-electron chi connectivity index (χ3n) is 5.46. The number of nitrogens with one attached hydrogen (secondary N) is 2. The van der Waals surface area contributed by atoms with Crippen molar-refractivity contribution in [1.82, 2.24) is 9.88 Å². The lowest BCUT2D eigenvalue weighted by Gasteiger charge is -2.15. The second kappa shape index (κ2) is 8.52. The summed E-state index contributed by atoms with van der Waals surface area (Å²) in [5.74, 6) is -0.219. The molecule has 2 N–H and O–H groups in total. The van der Waals surface area contributed by atoms with Crippen LogP contribution in [-0.4, -0.2) is 29.6 Å². The van der Waals surface area contributed by atoms with Gasteiger partial charge in [0.25, 0.3) is 0 Å². The van der Waals surface area contributed by atoms with Gasteiger partial charge in [-0.25, -0.2) is 4.79 Å². The van der Waals surface area contributed by atoms with Gasteiger partial charge in [0.1, 0.15) is 0 Å². The molecule has 3 aromatic rings. The Hall–Kier alpha value is -3.80. The molecule has 0 unspecified atom stereocenters. The number of rotatable bonds is 5. The maximum absolute atomic E-state index is 12.5. The third-order valence-corrected chi connectivity index (χ3v) is 5.46. The highest BCUT2D eigenvalue weighted by Crippen LogP contribution is 2.23. The topological polar surface area (TPSA) is 66.4 Å². The summed E-state index contributed by atoms with van der Waals surface area (Å²) in [5.41, 5.74) is 6.92. The molecule has 0 bridgehead atoms. The Labute approximate surface area is 182 Å². The molecular weight excluding hydrogens is 388 g/mol. The zero-order valence-electron chi connectivity index (χ0n) is 18.0. The van der Waals surface area contributed by atoms with Crippen molar-refractivity contribution < 1.29 is 9.59 Å². The molecule has 2 aromatic carbocycles. The van der Waals surface area contributed by atoms with Crippen molar-refractivity contribution in [3.63, 3.8) is 0 Å². The molecular formula is C25H26N4O2. The first-order chi connectivity index (χ1) is 14.9. The van der Waals surface area contributed by atoms with E-state index in [9.17, 15) is 9.59 Å². The molecule has 0 spiro atoms. The van der Waals surface area contributed by atoms with Gasteiger partial charge in [0, 0.05) is 47.6 Å². The Morgan fingerprint density at radius 3 is 2.52 bits per heavy atom. The number of aryl methyl sites for hydroxylation is 2. The number of carbonyl (C=O) groups excluding carboxylic acids is 2. The number of urea groups is 1. The van der Waals surface area contributed by atoms with Crippen molar-refractivity contribution in [2.24, 2.45) is 0 Å². The maximum Gasteiger partial charge on any atom is 0.321 e. The Kier molecular flexibility index (Phi) is 5.62. The third kappa shape index (κ3) is 4.38. The lowest BCUT2D eigenvalue weighted by molar-refractivity contribution is -0.111. The summed E-state index contributed by atoms with van der Waals surface area (Å²) in [5, 5.41) is 5.66. The first-order valence-corrected chi connectivity index (χ1v) is 10.3. The zero-order valence-corrected chi connectivity index (χ0v) is 18.0. The van der Waals surface area contributed by atoms with E-state index in [1.54, 1.807) is 11.0 Å². The van der Waals surface area contributed by atoms with Gasteiger partial charge < -0.3 is 15.2 Å². The van der Waals surface area contributed by atoms with Crippen molar-refractivity contribution in [2.75, 3.05) is 23.3 Å². The Bertz CT molecular complexity index is 1160. The fourth-order valence-electron chi connectivity index (χ4n) is 3.87. The molecule has 0 saturated carbocycles. The molecule has 4 rings (SSSR count). The van der Waals surface area contributed by atoms with Crippen LogP contribution in [0.25, 0.3) is 11.8 Å². The van der Waals surface area contributed by atoms with E-state index in [4.69, 9.17) is 0 Å². The van der Waals surface area contributed by atoms with E-state index in [2.05, 4.69) is 66.3 Å². The van der Waals surface area contributed by atoms with Crippen LogP contribution in [0.4, 0.5) is 16.2 Å². The van der Waals surface area contributed by atoms with Gasteiger partial charge in [-0.1, -0.05) is 23.8 Å². The molecule has 0 atom stereocenters. The average Bonchev–Trinajstić information content (AvgIpc) is 3.30. The van der Waals surface area contributed by atoms with Crippen LogP contribution < -0.4 is 15.5 Å². The minimum absolute atomic E-state index is 0.118. The molecule has 6 heteroatoms. The van der Waals surface area contributed by atoms with Crippen LogP contribution in [0.3, 0.4) is 0 Å². The fourth-order valence-corrected chi connectivity index (χ4v) is 3.87. The second-order valence-electron chi connectivity index (χ2n) is 7.75. The van der Waals surface area contributed by atoms with Gasteiger partial charge in [-0.05, 0) is 68.8 Å². The van der Waals surface area contributed by atoms with Gasteiger partial charge in [-0.3, -0.25) is 9.69 Å². The number of benzene rings is 2. The van der Waals surface area contributed by atoms with Crippen LogP contribution in [0.15, 0.2) is 60.7 Å². The highest BCUT2D eigenvalue weighted by atomic mass is 16.2. The first kappa shape index (κ1) is 20.5. The lowest BCUT2D eigenvalue weighted by atomic mass is 10.2. The quantitative estimate of drug-likeness (QED) is 0.600. The number of amides is 3. The minimum atomic E-state index is -0.219. The fraction of sp³-hybridized carbons (Fsp3) is 0.200. The summed E-state index contributed by atoms with van der Waals surface area (Å²) in [6.45, 7) is 7.42. The summed E-state index contributed by atoms with van der Waals surface area (Å²) in [6, 6.07) is 17.6. The minimum Gasteiger partial charge on any atom is -0.336 e. The molecule has 1 fully saturated rings. The molecule has 1 aliphatic heterocycles. The number of carbonyl (C=O) groups is 2. The normalized spacial score (nSPS) is 13.6. The van der Waals surface area contributed by atoms with Crippen LogP contribution in [0.2, 0.25) is 0 Å². The number of hydrogen-bond donors (Lipinski definition) is 2. The highest BCUT2D eigenvalue weighted by molar-refractivity contribution is 6.02. The number of nitrogens with zero attached hydrogens (tertiary/aromatic N) is 2. The van der Waals surface area contributed by atoms with Crippen LogP contribution in [0.1, 0.15) is 22.5 Å². The Morgan fingerprint density at radius 2 is 1.81 bits per heavy atom. The predicted octanol–water partition coefficient (Wildman–Crippen LogP) is 4.58. The van der Waals surface area contributed by atoms with Gasteiger partial charge in [0.05, 0.1) is 0 Å². The second-order valence-corrected chi connectivity index (χ2v) is 7.75. The smallest absolute Gasteiger partial charge is 0.321 e. The van der Waals surface area contributed by atoms with Gasteiger partial charge in [0.2, 0.25) is 5.91 Å². The van der Waals surface area contributed by atoms with E-state index in [0.29, 0.717) is 18.8 Å². The molecule has 31 heavy (non-hydrogen) atoms. The van der Waals surface area contributed by atoms with Crippen LogP contribution in [0, 0.1) is 20.8 Å². The molecule has 3 amide bonds. The summed E-state index contributed by atoms with van der Waals surface area (Å²) >= 11 is 0. The lowest BCUT2D eigenvalue weighted by Crippen LogP contribution is -2.27. The van der Waals surface area contributed by atoms with E-state index in [0.717, 1.165) is 28.3 Å². The number of aromatic nitrogens is 1. The first-order valence-electron chi connectivity index (χ1n) is 10.3.